The minimum atomic E-state index is -0.847. The molecule has 2 aromatic carbocycles. The number of benzene rings is 2. The predicted octanol–water partition coefficient (Wildman–Crippen LogP) is 3.93. The number of carbonyl (C=O) groups is 3. The van der Waals surface area contributed by atoms with Crippen LogP contribution in [0.4, 0.5) is 5.69 Å². The normalized spacial score (nSPS) is 23.0. The molecule has 31 heavy (non-hydrogen) atoms. The zero-order valence-corrected chi connectivity index (χ0v) is 18.2. The number of amides is 3. The molecule has 0 bridgehead atoms. The maximum absolute atomic E-state index is 13.5. The Bertz CT molecular complexity index is 975. The molecule has 0 spiro atoms. The van der Waals surface area contributed by atoms with Crippen molar-refractivity contribution in [2.45, 2.75) is 57.2 Å². The minimum absolute atomic E-state index is 0.0637. The van der Waals surface area contributed by atoms with E-state index in [0.717, 1.165) is 31.2 Å². The van der Waals surface area contributed by atoms with Crippen molar-refractivity contribution >= 4 is 35.0 Å². The van der Waals surface area contributed by atoms with Gasteiger partial charge in [0.15, 0.2) is 0 Å². The quantitative estimate of drug-likeness (QED) is 0.757. The molecule has 0 aromatic heterocycles. The van der Waals surface area contributed by atoms with Crippen LogP contribution in [-0.2, 0) is 9.59 Å². The number of halogens is 1. The van der Waals surface area contributed by atoms with Crippen molar-refractivity contribution in [3.8, 4) is 0 Å². The summed E-state index contributed by atoms with van der Waals surface area (Å²) in [7, 11) is 0. The Balaban J connectivity index is 1.58. The minimum Gasteiger partial charge on any atom is -0.349 e. The number of rotatable bonds is 4. The topological polar surface area (TPSA) is 78.5 Å². The Kier molecular flexibility index (Phi) is 6.28. The van der Waals surface area contributed by atoms with Gasteiger partial charge in [-0.15, -0.1) is 0 Å². The molecule has 1 heterocycles. The summed E-state index contributed by atoms with van der Waals surface area (Å²) in [6.07, 6.45) is 3.58. The summed E-state index contributed by atoms with van der Waals surface area (Å²) < 4.78 is 0. The number of nitrogens with zero attached hydrogens (tertiary/aromatic N) is 1. The Hall–Kier alpha value is -2.86. The lowest BCUT2D eigenvalue weighted by Gasteiger charge is -2.48. The molecule has 2 aromatic rings. The average Bonchev–Trinajstić information content (AvgIpc) is 2.76. The fourth-order valence-electron chi connectivity index (χ4n) is 4.50. The Morgan fingerprint density at radius 2 is 1.74 bits per heavy atom. The van der Waals surface area contributed by atoms with Crippen molar-refractivity contribution in [2.75, 3.05) is 5.32 Å². The number of hydrogen-bond acceptors (Lipinski definition) is 3. The van der Waals surface area contributed by atoms with E-state index in [1.165, 1.54) is 0 Å². The first-order valence-electron chi connectivity index (χ1n) is 10.7. The van der Waals surface area contributed by atoms with Gasteiger partial charge in [-0.05, 0) is 56.2 Å². The van der Waals surface area contributed by atoms with Crippen molar-refractivity contribution in [2.24, 2.45) is 0 Å². The van der Waals surface area contributed by atoms with Crippen LogP contribution < -0.4 is 10.6 Å². The average molecular weight is 440 g/mol. The summed E-state index contributed by atoms with van der Waals surface area (Å²) >= 11 is 5.90. The third-order valence-electron chi connectivity index (χ3n) is 6.09. The van der Waals surface area contributed by atoms with Crippen molar-refractivity contribution < 1.29 is 14.4 Å². The first-order valence-corrected chi connectivity index (χ1v) is 11.1. The maximum atomic E-state index is 13.5. The van der Waals surface area contributed by atoms with E-state index in [9.17, 15) is 14.4 Å². The predicted molar refractivity (Wildman–Crippen MR) is 120 cm³/mol. The van der Waals surface area contributed by atoms with Gasteiger partial charge in [0.25, 0.3) is 5.91 Å². The van der Waals surface area contributed by atoms with Crippen molar-refractivity contribution in [1.82, 2.24) is 10.2 Å². The molecule has 2 fully saturated rings. The van der Waals surface area contributed by atoms with Gasteiger partial charge < -0.3 is 15.5 Å². The molecule has 3 atom stereocenters. The molecule has 1 aliphatic heterocycles. The molecular weight excluding hydrogens is 414 g/mol. The highest BCUT2D eigenvalue weighted by Gasteiger charge is 2.46. The van der Waals surface area contributed by atoms with Gasteiger partial charge >= 0.3 is 0 Å². The van der Waals surface area contributed by atoms with Crippen LogP contribution in [0.3, 0.4) is 0 Å². The van der Waals surface area contributed by atoms with Crippen LogP contribution in [0.5, 0.6) is 0 Å². The molecule has 2 aliphatic rings. The smallest absolute Gasteiger partial charge is 0.254 e. The lowest BCUT2D eigenvalue weighted by atomic mass is 9.84. The summed E-state index contributed by atoms with van der Waals surface area (Å²) in [5, 5.41) is 6.43. The van der Waals surface area contributed by atoms with Crippen molar-refractivity contribution in [1.29, 1.82) is 0 Å². The number of carbonyl (C=O) groups excluding carboxylic acids is 3. The second kappa shape index (κ2) is 9.10. The zero-order chi connectivity index (χ0) is 22.0. The van der Waals surface area contributed by atoms with E-state index in [0.29, 0.717) is 16.3 Å². The SMILES string of the molecule is Cc1ccc(C(=O)N2[C@@H]3CCCC[C@@H]3NC(=O)[C@@H]2CC(=O)Nc2ccc(Cl)cc2)cc1. The van der Waals surface area contributed by atoms with E-state index >= 15 is 0 Å². The summed E-state index contributed by atoms with van der Waals surface area (Å²) in [4.78, 5) is 40.9. The Morgan fingerprint density at radius 1 is 1.06 bits per heavy atom. The summed E-state index contributed by atoms with van der Waals surface area (Å²) in [5.41, 5.74) is 2.19. The molecule has 1 saturated heterocycles. The Morgan fingerprint density at radius 3 is 2.45 bits per heavy atom. The van der Waals surface area contributed by atoms with Crippen LogP contribution in [-0.4, -0.2) is 40.7 Å². The largest absolute Gasteiger partial charge is 0.349 e. The highest BCUT2D eigenvalue weighted by Crippen LogP contribution is 2.31. The van der Waals surface area contributed by atoms with Gasteiger partial charge in [0, 0.05) is 22.3 Å². The van der Waals surface area contributed by atoms with Gasteiger partial charge in [0.05, 0.1) is 12.5 Å². The van der Waals surface area contributed by atoms with Crippen LogP contribution in [0.2, 0.25) is 5.02 Å². The number of nitrogens with one attached hydrogen (secondary N) is 2. The molecule has 4 rings (SSSR count). The molecular formula is C24H26ClN3O3. The van der Waals surface area contributed by atoms with Crippen LogP contribution in [0.15, 0.2) is 48.5 Å². The highest BCUT2D eigenvalue weighted by atomic mass is 35.5. The highest BCUT2D eigenvalue weighted by molar-refractivity contribution is 6.30. The molecule has 162 valence electrons. The fourth-order valence-corrected chi connectivity index (χ4v) is 4.62. The number of fused-ring (bicyclic) bond motifs is 1. The maximum Gasteiger partial charge on any atom is 0.254 e. The number of aryl methyl sites for hydroxylation is 1. The zero-order valence-electron chi connectivity index (χ0n) is 17.4. The molecule has 3 amide bonds. The summed E-state index contributed by atoms with van der Waals surface area (Å²) in [6.45, 7) is 1.96. The third-order valence-corrected chi connectivity index (χ3v) is 6.34. The van der Waals surface area contributed by atoms with E-state index in [2.05, 4.69) is 10.6 Å². The van der Waals surface area contributed by atoms with E-state index in [1.807, 2.05) is 19.1 Å². The second-order valence-corrected chi connectivity index (χ2v) is 8.76. The standard InChI is InChI=1S/C24H26ClN3O3/c1-15-6-8-16(9-7-15)24(31)28-20-5-3-2-4-19(20)27-23(30)21(28)14-22(29)26-18-12-10-17(25)11-13-18/h6-13,19-21H,2-5,14H2,1H3,(H,26,29)(H,27,30)/t19-,20+,21-/m0/s1. The van der Waals surface area contributed by atoms with E-state index in [1.54, 1.807) is 41.3 Å². The van der Waals surface area contributed by atoms with E-state index in [4.69, 9.17) is 11.6 Å². The number of piperazine rings is 1. The van der Waals surface area contributed by atoms with Gasteiger partial charge in [-0.1, -0.05) is 42.1 Å². The van der Waals surface area contributed by atoms with Gasteiger partial charge in [-0.3, -0.25) is 14.4 Å². The first-order chi connectivity index (χ1) is 14.9. The van der Waals surface area contributed by atoms with E-state index < -0.39 is 6.04 Å². The molecule has 6 nitrogen and oxygen atoms in total. The van der Waals surface area contributed by atoms with Crippen molar-refractivity contribution in [3.63, 3.8) is 0 Å². The van der Waals surface area contributed by atoms with E-state index in [-0.39, 0.29) is 36.2 Å². The molecule has 1 saturated carbocycles. The molecule has 1 aliphatic carbocycles. The van der Waals surface area contributed by atoms with Crippen LogP contribution in [0.25, 0.3) is 0 Å². The lowest BCUT2D eigenvalue weighted by molar-refractivity contribution is -0.135. The van der Waals surface area contributed by atoms with Gasteiger partial charge in [0.2, 0.25) is 11.8 Å². The molecule has 0 unspecified atom stereocenters. The number of hydrogen-bond donors (Lipinski definition) is 2. The fraction of sp³-hybridized carbons (Fsp3) is 0.375. The van der Waals surface area contributed by atoms with Crippen LogP contribution in [0.1, 0.15) is 48.0 Å². The van der Waals surface area contributed by atoms with Gasteiger partial charge in [0.1, 0.15) is 6.04 Å². The van der Waals surface area contributed by atoms with Crippen molar-refractivity contribution in [3.05, 3.63) is 64.7 Å². The van der Waals surface area contributed by atoms with Crippen LogP contribution in [0, 0.1) is 6.92 Å². The second-order valence-electron chi connectivity index (χ2n) is 8.32. The molecule has 0 radical (unpaired) electrons. The van der Waals surface area contributed by atoms with Crippen LogP contribution >= 0.6 is 11.6 Å². The summed E-state index contributed by atoms with van der Waals surface area (Å²) in [5.74, 6) is -0.788. The molecule has 7 heteroatoms. The number of anilines is 1. The van der Waals surface area contributed by atoms with Gasteiger partial charge in [-0.2, -0.15) is 0 Å². The monoisotopic (exact) mass is 439 g/mol. The third kappa shape index (κ3) is 4.74. The Labute approximate surface area is 187 Å². The summed E-state index contributed by atoms with van der Waals surface area (Å²) in [6, 6.07) is 13.1. The first kappa shape index (κ1) is 21.4. The lowest BCUT2D eigenvalue weighted by Crippen LogP contribution is -2.68. The van der Waals surface area contributed by atoms with Gasteiger partial charge in [-0.25, -0.2) is 0 Å². The molecule has 2 N–H and O–H groups in total.